The highest BCUT2D eigenvalue weighted by Crippen LogP contribution is 2.71. The quantitative estimate of drug-likeness (QED) is 0.643. The van der Waals surface area contributed by atoms with E-state index in [1.165, 1.54) is 56.7 Å². The van der Waals surface area contributed by atoms with E-state index in [0.717, 1.165) is 41.4 Å². The predicted octanol–water partition coefficient (Wildman–Crippen LogP) is 3.48. The Morgan fingerprint density at radius 1 is 1.15 bits per heavy atom. The maximum atomic E-state index is 13.5. The van der Waals surface area contributed by atoms with Gasteiger partial charge in [-0.2, -0.15) is 4.31 Å². The van der Waals surface area contributed by atoms with E-state index in [1.807, 2.05) is 0 Å². The summed E-state index contributed by atoms with van der Waals surface area (Å²) in [5, 5.41) is 3.65. The van der Waals surface area contributed by atoms with Crippen LogP contribution in [0.5, 0.6) is 11.5 Å². The molecule has 1 aromatic heterocycles. The molecule has 2 heterocycles. The van der Waals surface area contributed by atoms with Gasteiger partial charge in [0.2, 0.25) is 10.0 Å². The number of benzene rings is 1. The van der Waals surface area contributed by atoms with Gasteiger partial charge in [0, 0.05) is 24.7 Å². The summed E-state index contributed by atoms with van der Waals surface area (Å²) in [4.78, 5) is 9.13. The van der Waals surface area contributed by atoms with E-state index in [1.54, 1.807) is 18.5 Å². The average molecular weight is 485 g/mol. The molecule has 0 amide bonds. The molecule has 9 heteroatoms. The number of sulfonamides is 1. The summed E-state index contributed by atoms with van der Waals surface area (Å²) in [6, 6.07) is 4.77. The maximum absolute atomic E-state index is 13.5. The van der Waals surface area contributed by atoms with Gasteiger partial charge in [0.1, 0.15) is 28.5 Å². The zero-order valence-corrected chi connectivity index (χ0v) is 20.6. The van der Waals surface area contributed by atoms with Crippen molar-refractivity contribution in [1.82, 2.24) is 14.3 Å². The van der Waals surface area contributed by atoms with Gasteiger partial charge in [-0.15, -0.1) is 0 Å². The Morgan fingerprint density at radius 3 is 2.68 bits per heavy atom. The van der Waals surface area contributed by atoms with Crippen LogP contribution >= 0.6 is 0 Å². The fourth-order valence-corrected chi connectivity index (χ4v) is 8.80. The molecule has 3 aliphatic carbocycles. The van der Waals surface area contributed by atoms with Crippen LogP contribution in [0, 0.1) is 23.2 Å². The molecule has 182 valence electrons. The van der Waals surface area contributed by atoms with E-state index in [0.29, 0.717) is 24.1 Å². The van der Waals surface area contributed by atoms with Gasteiger partial charge in [-0.1, -0.05) is 19.3 Å². The van der Waals surface area contributed by atoms with Crippen LogP contribution in [0.25, 0.3) is 0 Å². The number of ether oxygens (including phenoxy) is 2. The van der Waals surface area contributed by atoms with E-state index in [9.17, 15) is 8.42 Å². The fraction of sp³-hybridized carbons (Fsp3) is 0.600. The molecule has 1 N–H and O–H groups in total. The Balaban J connectivity index is 1.19. The van der Waals surface area contributed by atoms with E-state index in [4.69, 9.17) is 9.47 Å². The number of fused-ring (bicyclic) bond motifs is 1. The van der Waals surface area contributed by atoms with Gasteiger partial charge in [0.15, 0.2) is 0 Å². The van der Waals surface area contributed by atoms with Crippen LogP contribution in [0.3, 0.4) is 0 Å². The van der Waals surface area contributed by atoms with E-state index < -0.39 is 10.0 Å². The normalized spacial score (nSPS) is 29.8. The molecular formula is C25H32N4O4S. The lowest BCUT2D eigenvalue weighted by atomic mass is 9.35. The van der Waals surface area contributed by atoms with Crippen molar-refractivity contribution >= 4 is 15.8 Å². The Bertz CT molecular complexity index is 1200. The number of rotatable bonds is 7. The zero-order chi connectivity index (χ0) is 23.5. The van der Waals surface area contributed by atoms with Crippen LogP contribution < -0.4 is 14.8 Å². The van der Waals surface area contributed by atoms with Gasteiger partial charge >= 0.3 is 0 Å². The third kappa shape index (κ3) is 3.31. The number of aromatic nitrogens is 2. The number of hydrogen-bond donors (Lipinski definition) is 1. The van der Waals surface area contributed by atoms with E-state index >= 15 is 0 Å². The summed E-state index contributed by atoms with van der Waals surface area (Å²) >= 11 is 0. The van der Waals surface area contributed by atoms with Crippen molar-refractivity contribution < 1.29 is 17.9 Å². The first-order valence-electron chi connectivity index (χ1n) is 12.2. The lowest BCUT2D eigenvalue weighted by molar-refractivity contribution is -0.198. The first-order valence-corrected chi connectivity index (χ1v) is 13.7. The second-order valence-corrected chi connectivity index (χ2v) is 12.3. The summed E-state index contributed by atoms with van der Waals surface area (Å²) in [7, 11) is -0.748. The molecule has 8 nitrogen and oxygen atoms in total. The summed E-state index contributed by atoms with van der Waals surface area (Å²) in [6.07, 6.45) is 9.07. The minimum absolute atomic E-state index is 0.136. The van der Waals surface area contributed by atoms with Crippen LogP contribution in [0.4, 0.5) is 5.82 Å². The zero-order valence-electron chi connectivity index (χ0n) is 19.8. The first-order chi connectivity index (χ1) is 16.4. The van der Waals surface area contributed by atoms with Crippen molar-refractivity contribution in [2.24, 2.45) is 23.2 Å². The average Bonchev–Trinajstić information content (AvgIpc) is 2.83. The minimum atomic E-state index is -3.75. The maximum Gasteiger partial charge on any atom is 0.247 e. The molecular weight excluding hydrogens is 452 g/mol. The Labute approximate surface area is 201 Å². The van der Waals surface area contributed by atoms with Crippen molar-refractivity contribution in [3.8, 4) is 11.5 Å². The van der Waals surface area contributed by atoms with Gasteiger partial charge in [-0.05, 0) is 54.6 Å². The predicted molar refractivity (Wildman–Crippen MR) is 127 cm³/mol. The van der Waals surface area contributed by atoms with Crippen LogP contribution in [-0.2, 0) is 23.0 Å². The van der Waals surface area contributed by atoms with E-state index in [2.05, 4.69) is 15.3 Å². The fourth-order valence-electron chi connectivity index (χ4n) is 7.26. The van der Waals surface area contributed by atoms with Crippen molar-refractivity contribution in [3.63, 3.8) is 0 Å². The van der Waals surface area contributed by atoms with Gasteiger partial charge in [0.05, 0.1) is 26.5 Å². The molecule has 6 rings (SSSR count). The molecule has 2 aromatic rings. The van der Waals surface area contributed by atoms with Crippen molar-refractivity contribution in [1.29, 1.82) is 0 Å². The molecule has 34 heavy (non-hydrogen) atoms. The molecule has 0 radical (unpaired) electrons. The van der Waals surface area contributed by atoms with E-state index in [-0.39, 0.29) is 17.2 Å². The highest BCUT2D eigenvalue weighted by Gasteiger charge is 2.65. The smallest absolute Gasteiger partial charge is 0.247 e. The molecule has 1 aromatic carbocycles. The van der Waals surface area contributed by atoms with Gasteiger partial charge in [-0.3, -0.25) is 0 Å². The summed E-state index contributed by atoms with van der Waals surface area (Å²) < 4.78 is 38.9. The third-order valence-corrected chi connectivity index (χ3v) is 10.7. The standard InChI is InChI=1S/C25H32N4O4S/c1-32-18-6-7-22(21(10-18)33-2)34(30,31)29-9-8-19-20(13-29)27-15-28-24(19)26-14-25-11-16-4-3-5-17(12-25)23(16)25/h6-7,10,15-17,23H,3-5,8-9,11-14H2,1-2H3,(H,26,27,28)/t16-,17?,23?,25?/m0/s1. The molecule has 3 unspecified atom stereocenters. The molecule has 0 bridgehead atoms. The summed E-state index contributed by atoms with van der Waals surface area (Å²) in [5.41, 5.74) is 2.28. The number of nitrogens with zero attached hydrogens (tertiary/aromatic N) is 3. The van der Waals surface area contributed by atoms with Crippen molar-refractivity contribution in [3.05, 3.63) is 35.8 Å². The second kappa shape index (κ2) is 8.09. The van der Waals surface area contributed by atoms with Crippen LogP contribution in [0.15, 0.2) is 29.4 Å². The third-order valence-electron chi connectivity index (χ3n) is 8.78. The monoisotopic (exact) mass is 484 g/mol. The highest BCUT2D eigenvalue weighted by molar-refractivity contribution is 7.89. The molecule has 1 aliphatic heterocycles. The minimum Gasteiger partial charge on any atom is -0.497 e. The van der Waals surface area contributed by atoms with Crippen LogP contribution in [0.1, 0.15) is 43.4 Å². The molecule has 4 aliphatic rings. The largest absolute Gasteiger partial charge is 0.497 e. The molecule has 0 saturated heterocycles. The topological polar surface area (TPSA) is 93.7 Å². The summed E-state index contributed by atoms with van der Waals surface area (Å²) in [6.45, 7) is 1.58. The SMILES string of the molecule is COc1ccc(S(=O)(=O)N2CCc3c(ncnc3NCC34CC5CCC[C@@H](C3)C54)C2)c(OC)c1. The molecule has 0 spiro atoms. The van der Waals surface area contributed by atoms with Gasteiger partial charge < -0.3 is 14.8 Å². The van der Waals surface area contributed by atoms with Crippen molar-refractivity contribution in [2.45, 2.75) is 50.0 Å². The molecule has 3 saturated carbocycles. The Morgan fingerprint density at radius 2 is 1.94 bits per heavy atom. The number of anilines is 1. The lowest BCUT2D eigenvalue weighted by Crippen LogP contribution is -2.65. The number of nitrogens with one attached hydrogen (secondary N) is 1. The highest BCUT2D eigenvalue weighted by atomic mass is 32.2. The number of methoxy groups -OCH3 is 2. The summed E-state index contributed by atoms with van der Waals surface area (Å²) in [5.74, 6) is 4.50. The number of hydrogen-bond acceptors (Lipinski definition) is 7. The molecule has 3 fully saturated rings. The Kier molecular flexibility index (Phi) is 5.26. The van der Waals surface area contributed by atoms with Crippen LogP contribution in [0.2, 0.25) is 0 Å². The van der Waals surface area contributed by atoms with Gasteiger partial charge in [-0.25, -0.2) is 18.4 Å². The Hall–Kier alpha value is -2.39. The second-order valence-electron chi connectivity index (χ2n) is 10.4. The molecule has 4 atom stereocenters. The van der Waals surface area contributed by atoms with Crippen LogP contribution in [-0.4, -0.2) is 50.0 Å². The van der Waals surface area contributed by atoms with Crippen molar-refractivity contribution in [2.75, 3.05) is 32.6 Å². The lowest BCUT2D eigenvalue weighted by Gasteiger charge is -2.70. The van der Waals surface area contributed by atoms with Gasteiger partial charge in [0.25, 0.3) is 0 Å². The first kappa shape index (κ1) is 22.1.